The van der Waals surface area contributed by atoms with Gasteiger partial charge in [-0.1, -0.05) is 79.1 Å². The van der Waals surface area contributed by atoms with Gasteiger partial charge in [0.25, 0.3) is 0 Å². The highest BCUT2D eigenvalue weighted by atomic mass is 16.7. The molecule has 7 nitrogen and oxygen atoms in total. The number of rotatable bonds is 20. The minimum Gasteiger partial charge on any atom is -0.502 e. The lowest BCUT2D eigenvalue weighted by Crippen LogP contribution is -2.12. The minimum absolute atomic E-state index is 0.105. The Balaban J connectivity index is 3.52. The number of carboxylic acid groups (broad SMARTS) is 1. The summed E-state index contributed by atoms with van der Waals surface area (Å²) >= 11 is 0. The van der Waals surface area contributed by atoms with Crippen LogP contribution >= 0.6 is 0 Å². The van der Waals surface area contributed by atoms with E-state index in [0.717, 1.165) is 77.0 Å². The van der Waals surface area contributed by atoms with Crippen LogP contribution in [0.15, 0.2) is 0 Å². The quantitative estimate of drug-likeness (QED) is 0.111. The summed E-state index contributed by atoms with van der Waals surface area (Å²) in [6.07, 6.45) is 10.5. The standard InChI is InChI=1S/C27H46O7/c1-5-9-13-17-21-23(34-27(29)30)22(28)25(32-19-15-11-7-3)26(33-20-16-12-8-4)24(21)31-18-14-10-6-2/h28H,5-20H2,1-4H3,(H,29,30). The SMILES string of the molecule is CCCCCOc1c(O)c(OC(=O)O)c(CCCCC)c(OCCCCC)c1OCCCCC. The van der Waals surface area contributed by atoms with Gasteiger partial charge in [0, 0.05) is 5.56 Å². The van der Waals surface area contributed by atoms with E-state index in [1.165, 1.54) is 0 Å². The molecule has 0 aliphatic heterocycles. The summed E-state index contributed by atoms with van der Waals surface area (Å²) in [7, 11) is 0. The molecule has 0 heterocycles. The van der Waals surface area contributed by atoms with Crippen LogP contribution in [0.4, 0.5) is 4.79 Å². The zero-order chi connectivity index (χ0) is 25.2. The number of benzene rings is 1. The minimum atomic E-state index is -1.49. The molecule has 0 aliphatic rings. The molecule has 0 bridgehead atoms. The first-order chi connectivity index (χ1) is 16.5. The van der Waals surface area contributed by atoms with Crippen molar-refractivity contribution >= 4 is 6.16 Å². The zero-order valence-corrected chi connectivity index (χ0v) is 21.7. The van der Waals surface area contributed by atoms with Crippen molar-refractivity contribution in [3.8, 4) is 28.7 Å². The summed E-state index contributed by atoms with van der Waals surface area (Å²) < 4.78 is 23.4. The van der Waals surface area contributed by atoms with Gasteiger partial charge in [0.2, 0.25) is 17.2 Å². The van der Waals surface area contributed by atoms with E-state index in [1.54, 1.807) is 0 Å². The Bertz CT molecular complexity index is 703. The maximum absolute atomic E-state index is 11.5. The Morgan fingerprint density at radius 3 is 1.53 bits per heavy atom. The number of phenolic OH excluding ortho intramolecular Hbond substituents is 1. The summed E-state index contributed by atoms with van der Waals surface area (Å²) in [5.74, 6) is 0.444. The van der Waals surface area contributed by atoms with E-state index in [1.807, 2.05) is 0 Å². The molecular weight excluding hydrogens is 436 g/mol. The van der Waals surface area contributed by atoms with Gasteiger partial charge in [-0.3, -0.25) is 0 Å². The number of unbranched alkanes of at least 4 members (excludes halogenated alkanes) is 8. The normalized spacial score (nSPS) is 10.8. The van der Waals surface area contributed by atoms with Gasteiger partial charge in [-0.2, -0.15) is 0 Å². The van der Waals surface area contributed by atoms with E-state index < -0.39 is 6.16 Å². The first-order valence-electron chi connectivity index (χ1n) is 13.2. The van der Waals surface area contributed by atoms with Gasteiger partial charge in [-0.25, -0.2) is 4.79 Å². The van der Waals surface area contributed by atoms with Gasteiger partial charge in [-0.05, 0) is 32.1 Å². The van der Waals surface area contributed by atoms with Gasteiger partial charge in [0.05, 0.1) is 19.8 Å². The topological polar surface area (TPSA) is 94.5 Å². The highest BCUT2D eigenvalue weighted by Gasteiger charge is 2.30. The van der Waals surface area contributed by atoms with Crippen molar-refractivity contribution in [1.29, 1.82) is 0 Å². The average Bonchev–Trinajstić information content (AvgIpc) is 2.81. The molecule has 0 amide bonds. The lowest BCUT2D eigenvalue weighted by molar-refractivity contribution is 0.141. The Morgan fingerprint density at radius 2 is 1.06 bits per heavy atom. The molecule has 0 saturated carbocycles. The van der Waals surface area contributed by atoms with E-state index >= 15 is 0 Å². The summed E-state index contributed by atoms with van der Waals surface area (Å²) in [6, 6.07) is 0. The largest absolute Gasteiger partial charge is 0.511 e. The predicted molar refractivity (Wildman–Crippen MR) is 135 cm³/mol. The molecule has 1 aromatic carbocycles. The molecule has 196 valence electrons. The van der Waals surface area contributed by atoms with Crippen molar-refractivity contribution in [3.63, 3.8) is 0 Å². The van der Waals surface area contributed by atoms with Crippen LogP contribution in [0.25, 0.3) is 0 Å². The van der Waals surface area contributed by atoms with E-state index in [4.69, 9.17) is 18.9 Å². The number of ether oxygens (including phenoxy) is 4. The maximum atomic E-state index is 11.5. The van der Waals surface area contributed by atoms with Crippen LogP contribution in [0.2, 0.25) is 0 Å². The van der Waals surface area contributed by atoms with Crippen LogP contribution in [0, 0.1) is 0 Å². The second-order valence-corrected chi connectivity index (χ2v) is 8.64. The highest BCUT2D eigenvalue weighted by Crippen LogP contribution is 2.54. The molecule has 2 N–H and O–H groups in total. The number of phenols is 1. The molecule has 34 heavy (non-hydrogen) atoms. The Labute approximate surface area is 205 Å². The predicted octanol–water partition coefficient (Wildman–Crippen LogP) is 7.89. The molecule has 0 atom stereocenters. The van der Waals surface area contributed by atoms with Crippen LogP contribution < -0.4 is 18.9 Å². The highest BCUT2D eigenvalue weighted by molar-refractivity contribution is 5.73. The third-order valence-corrected chi connectivity index (χ3v) is 5.59. The van der Waals surface area contributed by atoms with Gasteiger partial charge >= 0.3 is 6.16 Å². The Morgan fingerprint density at radius 1 is 0.618 bits per heavy atom. The molecule has 1 rings (SSSR count). The first kappa shape index (κ1) is 29.7. The molecule has 0 unspecified atom stereocenters. The molecule has 0 fully saturated rings. The van der Waals surface area contributed by atoms with E-state index in [2.05, 4.69) is 27.7 Å². The van der Waals surface area contributed by atoms with Crippen molar-refractivity contribution in [3.05, 3.63) is 5.56 Å². The van der Waals surface area contributed by atoms with Gasteiger partial charge in [0.1, 0.15) is 0 Å². The molecule has 1 aromatic rings. The van der Waals surface area contributed by atoms with Gasteiger partial charge in [0.15, 0.2) is 11.5 Å². The third-order valence-electron chi connectivity index (χ3n) is 5.59. The summed E-state index contributed by atoms with van der Waals surface area (Å²) in [6.45, 7) is 9.75. The summed E-state index contributed by atoms with van der Waals surface area (Å²) in [5, 5.41) is 20.5. The lowest BCUT2D eigenvalue weighted by atomic mass is 10.0. The number of hydrogen-bond acceptors (Lipinski definition) is 6. The van der Waals surface area contributed by atoms with Crippen molar-refractivity contribution in [2.24, 2.45) is 0 Å². The summed E-state index contributed by atoms with van der Waals surface area (Å²) in [4.78, 5) is 11.5. The van der Waals surface area contributed by atoms with E-state index in [0.29, 0.717) is 43.3 Å². The van der Waals surface area contributed by atoms with Gasteiger partial charge < -0.3 is 29.2 Å². The summed E-state index contributed by atoms with van der Waals surface area (Å²) in [5.41, 5.74) is 0.524. The van der Waals surface area contributed by atoms with Crippen molar-refractivity contribution in [1.82, 2.24) is 0 Å². The first-order valence-corrected chi connectivity index (χ1v) is 13.2. The third kappa shape index (κ3) is 10.3. The fourth-order valence-electron chi connectivity index (χ4n) is 3.67. The molecule has 0 aliphatic carbocycles. The van der Waals surface area contributed by atoms with Gasteiger partial charge in [-0.15, -0.1) is 0 Å². The monoisotopic (exact) mass is 482 g/mol. The number of carbonyl (C=O) groups is 1. The molecule has 0 spiro atoms. The van der Waals surface area contributed by atoms with Crippen LogP contribution in [-0.2, 0) is 6.42 Å². The second-order valence-electron chi connectivity index (χ2n) is 8.64. The van der Waals surface area contributed by atoms with E-state index in [9.17, 15) is 15.0 Å². The van der Waals surface area contributed by atoms with Crippen molar-refractivity contribution < 1.29 is 34.0 Å². The van der Waals surface area contributed by atoms with Crippen LogP contribution in [0.5, 0.6) is 28.7 Å². The van der Waals surface area contributed by atoms with Crippen LogP contribution in [0.1, 0.15) is 110 Å². The fourth-order valence-corrected chi connectivity index (χ4v) is 3.67. The molecule has 0 saturated heterocycles. The Kier molecular flexibility index (Phi) is 15.8. The van der Waals surface area contributed by atoms with Crippen molar-refractivity contribution in [2.45, 2.75) is 111 Å². The fraction of sp³-hybridized carbons (Fsp3) is 0.741. The number of hydrogen-bond donors (Lipinski definition) is 2. The second kappa shape index (κ2) is 18.1. The Hall–Kier alpha value is -2.31. The van der Waals surface area contributed by atoms with Crippen LogP contribution in [-0.4, -0.2) is 36.2 Å². The maximum Gasteiger partial charge on any atom is 0.511 e. The lowest BCUT2D eigenvalue weighted by Gasteiger charge is -2.23. The molecular formula is C27H46O7. The smallest absolute Gasteiger partial charge is 0.502 e. The van der Waals surface area contributed by atoms with Crippen LogP contribution in [0.3, 0.4) is 0 Å². The molecule has 7 heteroatoms. The average molecular weight is 483 g/mol. The van der Waals surface area contributed by atoms with E-state index in [-0.39, 0.29) is 17.2 Å². The number of aromatic hydroxyl groups is 1. The molecule has 0 radical (unpaired) electrons. The molecule has 0 aromatic heterocycles. The van der Waals surface area contributed by atoms with Crippen molar-refractivity contribution in [2.75, 3.05) is 19.8 Å². The zero-order valence-electron chi connectivity index (χ0n) is 21.7.